The van der Waals surface area contributed by atoms with Gasteiger partial charge in [0.2, 0.25) is 0 Å². The Morgan fingerprint density at radius 1 is 1.44 bits per heavy atom. The van der Waals surface area contributed by atoms with Crippen LogP contribution in [0.2, 0.25) is 0 Å². The maximum atomic E-state index is 12.1. The number of aryl methyl sites for hydroxylation is 1. The molecule has 0 radical (unpaired) electrons. The molecule has 1 aromatic rings. The summed E-state index contributed by atoms with van der Waals surface area (Å²) >= 11 is 3.30. The molecule has 0 aliphatic heterocycles. The van der Waals surface area contributed by atoms with Gasteiger partial charge < -0.3 is 14.6 Å². The summed E-state index contributed by atoms with van der Waals surface area (Å²) in [5, 5.41) is 2.68. The van der Waals surface area contributed by atoms with Gasteiger partial charge in [-0.3, -0.25) is 4.79 Å². The molecule has 0 aliphatic carbocycles. The van der Waals surface area contributed by atoms with E-state index in [0.29, 0.717) is 5.69 Å². The van der Waals surface area contributed by atoms with Crippen LogP contribution in [0.15, 0.2) is 16.7 Å². The molecule has 0 aromatic carbocycles. The molecule has 0 bridgehead atoms. The number of carbonyl (C=O) groups excluding carboxylic acids is 2. The third-order valence-corrected chi connectivity index (χ3v) is 3.05. The first-order valence-electron chi connectivity index (χ1n) is 5.57. The van der Waals surface area contributed by atoms with Crippen LogP contribution in [0.1, 0.15) is 24.3 Å². The predicted octanol–water partition coefficient (Wildman–Crippen LogP) is 1.71. The Balaban J connectivity index is 2.85. The van der Waals surface area contributed by atoms with Crippen molar-refractivity contribution in [3.05, 3.63) is 22.4 Å². The number of nitrogens with one attached hydrogen (secondary N) is 1. The molecule has 0 spiro atoms. The number of amides is 1. The van der Waals surface area contributed by atoms with Crippen LogP contribution in [0.5, 0.6) is 0 Å². The molecule has 5 nitrogen and oxygen atoms in total. The number of aromatic nitrogens is 1. The molecule has 0 aliphatic rings. The lowest BCUT2D eigenvalue weighted by Gasteiger charge is -2.19. The van der Waals surface area contributed by atoms with E-state index in [0.717, 1.165) is 4.47 Å². The highest BCUT2D eigenvalue weighted by molar-refractivity contribution is 9.10. The van der Waals surface area contributed by atoms with Crippen molar-refractivity contribution in [1.82, 2.24) is 9.88 Å². The molecule has 1 rings (SSSR count). The molecule has 0 saturated heterocycles. The van der Waals surface area contributed by atoms with Crippen LogP contribution < -0.4 is 5.32 Å². The van der Waals surface area contributed by atoms with Crippen LogP contribution in [0.4, 0.5) is 0 Å². The van der Waals surface area contributed by atoms with Gasteiger partial charge in [-0.2, -0.15) is 0 Å². The standard InChI is InChI=1S/C12H17BrN2O3/c1-7(2)10(12(17)18-4)14-11(16)9-5-8(13)6-15(9)3/h5-7,10H,1-4H3,(H,14,16). The smallest absolute Gasteiger partial charge is 0.328 e. The maximum absolute atomic E-state index is 12.1. The summed E-state index contributed by atoms with van der Waals surface area (Å²) in [6, 6.07) is 1.06. The second-order valence-electron chi connectivity index (χ2n) is 4.37. The Morgan fingerprint density at radius 3 is 2.44 bits per heavy atom. The van der Waals surface area contributed by atoms with Crippen molar-refractivity contribution in [2.45, 2.75) is 19.9 Å². The van der Waals surface area contributed by atoms with E-state index in [9.17, 15) is 9.59 Å². The van der Waals surface area contributed by atoms with E-state index in [2.05, 4.69) is 26.0 Å². The van der Waals surface area contributed by atoms with Gasteiger partial charge >= 0.3 is 5.97 Å². The minimum atomic E-state index is -0.642. The number of nitrogens with zero attached hydrogens (tertiary/aromatic N) is 1. The van der Waals surface area contributed by atoms with E-state index in [1.54, 1.807) is 23.9 Å². The summed E-state index contributed by atoms with van der Waals surface area (Å²) in [6.07, 6.45) is 1.78. The highest BCUT2D eigenvalue weighted by atomic mass is 79.9. The van der Waals surface area contributed by atoms with Crippen LogP contribution in [0.25, 0.3) is 0 Å². The average Bonchev–Trinajstić information content (AvgIpc) is 2.63. The quantitative estimate of drug-likeness (QED) is 0.860. The second-order valence-corrected chi connectivity index (χ2v) is 5.29. The van der Waals surface area contributed by atoms with E-state index in [4.69, 9.17) is 0 Å². The Kier molecular flexibility index (Phi) is 4.95. The number of hydrogen-bond donors (Lipinski definition) is 1. The number of rotatable bonds is 4. The number of esters is 1. The van der Waals surface area contributed by atoms with Crippen molar-refractivity contribution in [1.29, 1.82) is 0 Å². The largest absolute Gasteiger partial charge is 0.467 e. The molecule has 1 unspecified atom stereocenters. The summed E-state index contributed by atoms with van der Waals surface area (Å²) in [6.45, 7) is 3.70. The van der Waals surface area contributed by atoms with Crippen LogP contribution in [0, 0.1) is 5.92 Å². The van der Waals surface area contributed by atoms with Crippen molar-refractivity contribution in [3.8, 4) is 0 Å². The van der Waals surface area contributed by atoms with Crippen LogP contribution in [-0.2, 0) is 16.6 Å². The summed E-state index contributed by atoms with van der Waals surface area (Å²) in [5.41, 5.74) is 0.483. The third kappa shape index (κ3) is 3.35. The summed E-state index contributed by atoms with van der Waals surface area (Å²) in [7, 11) is 3.07. The van der Waals surface area contributed by atoms with E-state index in [1.807, 2.05) is 13.8 Å². The number of methoxy groups -OCH3 is 1. The molecular weight excluding hydrogens is 300 g/mol. The van der Waals surface area contributed by atoms with Crippen molar-refractivity contribution in [2.75, 3.05) is 7.11 Å². The van der Waals surface area contributed by atoms with Crippen LogP contribution >= 0.6 is 15.9 Å². The van der Waals surface area contributed by atoms with Crippen molar-refractivity contribution in [3.63, 3.8) is 0 Å². The first-order chi connectivity index (χ1) is 8.36. The van der Waals surface area contributed by atoms with Gasteiger partial charge in [0.05, 0.1) is 7.11 Å². The third-order valence-electron chi connectivity index (χ3n) is 2.61. The van der Waals surface area contributed by atoms with Gasteiger partial charge in [0, 0.05) is 17.7 Å². The summed E-state index contributed by atoms with van der Waals surface area (Å²) in [4.78, 5) is 23.6. The maximum Gasteiger partial charge on any atom is 0.328 e. The van der Waals surface area contributed by atoms with Crippen molar-refractivity contribution in [2.24, 2.45) is 13.0 Å². The van der Waals surface area contributed by atoms with Crippen molar-refractivity contribution < 1.29 is 14.3 Å². The fourth-order valence-electron chi connectivity index (χ4n) is 1.59. The highest BCUT2D eigenvalue weighted by Gasteiger charge is 2.26. The molecule has 1 aromatic heterocycles. The Bertz CT molecular complexity index is 454. The lowest BCUT2D eigenvalue weighted by molar-refractivity contribution is -0.144. The zero-order valence-electron chi connectivity index (χ0n) is 10.9. The van der Waals surface area contributed by atoms with Crippen molar-refractivity contribution >= 4 is 27.8 Å². The highest BCUT2D eigenvalue weighted by Crippen LogP contribution is 2.14. The lowest BCUT2D eigenvalue weighted by Crippen LogP contribution is -2.45. The number of carbonyl (C=O) groups is 2. The van der Waals surface area contributed by atoms with Gasteiger partial charge in [0.25, 0.3) is 5.91 Å². The zero-order valence-corrected chi connectivity index (χ0v) is 12.4. The fourth-order valence-corrected chi connectivity index (χ4v) is 2.11. The molecule has 1 heterocycles. The molecular formula is C12H17BrN2O3. The van der Waals surface area contributed by atoms with Gasteiger partial charge in [0.15, 0.2) is 0 Å². The molecule has 1 amide bonds. The Labute approximate surface area is 115 Å². The molecule has 100 valence electrons. The Morgan fingerprint density at radius 2 is 2.06 bits per heavy atom. The van der Waals surface area contributed by atoms with E-state index in [1.165, 1.54) is 7.11 Å². The normalized spacial score (nSPS) is 12.3. The van der Waals surface area contributed by atoms with Crippen LogP contribution in [-0.4, -0.2) is 29.6 Å². The number of halogens is 1. The molecule has 18 heavy (non-hydrogen) atoms. The van der Waals surface area contributed by atoms with Gasteiger partial charge in [0.1, 0.15) is 11.7 Å². The first kappa shape index (κ1) is 14.8. The summed E-state index contributed by atoms with van der Waals surface area (Å²) < 4.78 is 7.18. The first-order valence-corrected chi connectivity index (χ1v) is 6.36. The SMILES string of the molecule is COC(=O)C(NC(=O)c1cc(Br)cn1C)C(C)C. The zero-order chi connectivity index (χ0) is 13.9. The van der Waals surface area contributed by atoms with E-state index in [-0.39, 0.29) is 11.8 Å². The topological polar surface area (TPSA) is 60.3 Å². The lowest BCUT2D eigenvalue weighted by atomic mass is 10.0. The summed E-state index contributed by atoms with van der Waals surface area (Å²) in [5.74, 6) is -0.774. The second kappa shape index (κ2) is 6.04. The minimum absolute atomic E-state index is 0.0369. The van der Waals surface area contributed by atoms with Crippen LogP contribution in [0.3, 0.4) is 0 Å². The Hall–Kier alpha value is -1.30. The van der Waals surface area contributed by atoms with Gasteiger partial charge in [-0.1, -0.05) is 13.8 Å². The van der Waals surface area contributed by atoms with Gasteiger partial charge in [-0.05, 0) is 27.9 Å². The molecule has 1 atom stereocenters. The van der Waals surface area contributed by atoms with E-state index >= 15 is 0 Å². The predicted molar refractivity (Wildman–Crippen MR) is 71.2 cm³/mol. The molecule has 0 saturated carbocycles. The molecule has 1 N–H and O–H groups in total. The monoisotopic (exact) mass is 316 g/mol. The van der Waals surface area contributed by atoms with Gasteiger partial charge in [-0.15, -0.1) is 0 Å². The van der Waals surface area contributed by atoms with E-state index < -0.39 is 12.0 Å². The molecule has 0 fully saturated rings. The minimum Gasteiger partial charge on any atom is -0.467 e. The number of ether oxygens (including phenoxy) is 1. The fraction of sp³-hybridized carbons (Fsp3) is 0.500. The number of hydrogen-bond acceptors (Lipinski definition) is 3. The van der Waals surface area contributed by atoms with Gasteiger partial charge in [-0.25, -0.2) is 4.79 Å². The molecule has 6 heteroatoms. The average molecular weight is 317 g/mol.